The molecule has 4 rings (SSSR count). The number of nitro benzene ring substituents is 1. The van der Waals surface area contributed by atoms with Gasteiger partial charge in [-0.05, 0) is 37.8 Å². The lowest BCUT2D eigenvalue weighted by Crippen LogP contribution is -2.42. The van der Waals surface area contributed by atoms with Crippen molar-refractivity contribution >= 4 is 17.4 Å². The van der Waals surface area contributed by atoms with E-state index in [-0.39, 0.29) is 40.9 Å². The van der Waals surface area contributed by atoms with Gasteiger partial charge < -0.3 is 19.5 Å². The number of methoxy groups -OCH3 is 2. The molecular formula is C28H30N2O7. The summed E-state index contributed by atoms with van der Waals surface area (Å²) in [6, 6.07) is 12.4. The number of allylic oxidation sites excluding steroid dienone is 2. The third-order valence-electron chi connectivity index (χ3n) is 6.78. The fourth-order valence-electron chi connectivity index (χ4n) is 5.22. The molecule has 2 aromatic carbocycles. The van der Waals surface area contributed by atoms with Gasteiger partial charge in [-0.15, -0.1) is 0 Å². The molecular weight excluding hydrogens is 476 g/mol. The first-order chi connectivity index (χ1) is 17.7. The number of nitrogens with zero attached hydrogens (tertiary/aromatic N) is 1. The third kappa shape index (κ3) is 4.94. The highest BCUT2D eigenvalue weighted by Gasteiger charge is 2.48. The molecule has 0 radical (unpaired) electrons. The van der Waals surface area contributed by atoms with Gasteiger partial charge in [-0.25, -0.2) is 0 Å². The second-order valence-electron chi connectivity index (χ2n) is 9.45. The summed E-state index contributed by atoms with van der Waals surface area (Å²) in [7, 11) is 2.80. The molecule has 3 unspecified atom stereocenters. The van der Waals surface area contributed by atoms with Gasteiger partial charge in [-0.1, -0.05) is 36.9 Å². The maximum absolute atomic E-state index is 13.7. The molecule has 9 heteroatoms. The van der Waals surface area contributed by atoms with Gasteiger partial charge in [0.15, 0.2) is 17.3 Å². The Morgan fingerprint density at radius 1 is 1.11 bits per heavy atom. The molecule has 0 spiro atoms. The Labute approximate surface area is 215 Å². The summed E-state index contributed by atoms with van der Waals surface area (Å²) in [6.07, 6.45) is 0.273. The van der Waals surface area contributed by atoms with Crippen molar-refractivity contribution in [3.63, 3.8) is 0 Å². The van der Waals surface area contributed by atoms with Gasteiger partial charge in [-0.3, -0.25) is 19.7 Å². The van der Waals surface area contributed by atoms with Crippen LogP contribution in [0.15, 0.2) is 66.0 Å². The van der Waals surface area contributed by atoms with Gasteiger partial charge in [-0.2, -0.15) is 0 Å². The minimum Gasteiger partial charge on any atom is -0.493 e. The van der Waals surface area contributed by atoms with Crippen LogP contribution in [0.3, 0.4) is 0 Å². The molecule has 1 heterocycles. The van der Waals surface area contributed by atoms with Gasteiger partial charge in [0.05, 0.1) is 31.3 Å². The quantitative estimate of drug-likeness (QED) is 0.324. The fraction of sp³-hybridized carbons (Fsp3) is 0.357. The number of hydrogen-bond donors (Lipinski definition) is 1. The summed E-state index contributed by atoms with van der Waals surface area (Å²) >= 11 is 0. The van der Waals surface area contributed by atoms with Gasteiger partial charge in [0.2, 0.25) is 0 Å². The first kappa shape index (κ1) is 25.9. The molecule has 0 fully saturated rings. The van der Waals surface area contributed by atoms with Crippen molar-refractivity contribution < 1.29 is 28.7 Å². The van der Waals surface area contributed by atoms with E-state index in [4.69, 9.17) is 14.2 Å². The topological polar surface area (TPSA) is 117 Å². The predicted molar refractivity (Wildman–Crippen MR) is 136 cm³/mol. The summed E-state index contributed by atoms with van der Waals surface area (Å²) in [6.45, 7) is 7.51. The van der Waals surface area contributed by atoms with Crippen molar-refractivity contribution in [2.45, 2.75) is 44.6 Å². The van der Waals surface area contributed by atoms with Crippen molar-refractivity contribution in [3.8, 4) is 11.5 Å². The molecule has 0 saturated heterocycles. The lowest BCUT2D eigenvalue weighted by atomic mass is 9.68. The van der Waals surface area contributed by atoms with E-state index in [2.05, 4.69) is 11.9 Å². The molecule has 1 aliphatic heterocycles. The molecule has 37 heavy (non-hydrogen) atoms. The largest absolute Gasteiger partial charge is 0.493 e. The standard InChI is InChI=1S/C28H30N2O7/c1-15(2)37-28(32)25-16(3)29-20-11-18(17-9-7-6-8-10-17)12-22(31)27(20)26(25)19-13-23(35-4)24(36-5)14-21(19)30(33)34/h6-10,13-15,18,25-26,29H,3,11-12H2,1-2,4-5H3. The van der Waals surface area contributed by atoms with Crippen LogP contribution in [-0.2, 0) is 14.3 Å². The summed E-state index contributed by atoms with van der Waals surface area (Å²) < 4.78 is 16.2. The maximum atomic E-state index is 13.7. The second kappa shape index (κ2) is 10.5. The maximum Gasteiger partial charge on any atom is 0.316 e. The Morgan fingerprint density at radius 3 is 2.35 bits per heavy atom. The van der Waals surface area contributed by atoms with Gasteiger partial charge >= 0.3 is 5.97 Å². The van der Waals surface area contributed by atoms with Crippen LogP contribution < -0.4 is 14.8 Å². The van der Waals surface area contributed by atoms with E-state index < -0.39 is 28.8 Å². The smallest absolute Gasteiger partial charge is 0.316 e. The molecule has 194 valence electrons. The zero-order valence-corrected chi connectivity index (χ0v) is 21.3. The van der Waals surface area contributed by atoms with Crippen molar-refractivity contribution in [1.29, 1.82) is 0 Å². The number of nitrogens with one attached hydrogen (secondary N) is 1. The van der Waals surface area contributed by atoms with Crippen LogP contribution in [-0.4, -0.2) is 37.0 Å². The molecule has 1 aliphatic carbocycles. The molecule has 2 aliphatic rings. The first-order valence-electron chi connectivity index (χ1n) is 12.0. The number of nitro groups is 1. The zero-order chi connectivity index (χ0) is 26.9. The predicted octanol–water partition coefficient (Wildman–Crippen LogP) is 4.78. The Hall–Kier alpha value is -4.14. The van der Waals surface area contributed by atoms with E-state index in [0.717, 1.165) is 5.56 Å². The average molecular weight is 507 g/mol. The summed E-state index contributed by atoms with van der Waals surface area (Å²) in [5, 5.41) is 15.4. The van der Waals surface area contributed by atoms with Crippen molar-refractivity contribution in [3.05, 3.63) is 87.3 Å². The zero-order valence-electron chi connectivity index (χ0n) is 21.3. The van der Waals surface area contributed by atoms with Gasteiger partial charge in [0, 0.05) is 34.9 Å². The number of benzene rings is 2. The van der Waals surface area contributed by atoms with Crippen LogP contribution in [0.5, 0.6) is 11.5 Å². The van der Waals surface area contributed by atoms with E-state index in [1.165, 1.54) is 26.4 Å². The second-order valence-corrected chi connectivity index (χ2v) is 9.45. The van der Waals surface area contributed by atoms with Crippen molar-refractivity contribution in [1.82, 2.24) is 5.32 Å². The van der Waals surface area contributed by atoms with E-state index in [9.17, 15) is 19.7 Å². The van der Waals surface area contributed by atoms with Gasteiger partial charge in [0.1, 0.15) is 5.92 Å². The van der Waals surface area contributed by atoms with Crippen molar-refractivity contribution in [2.24, 2.45) is 5.92 Å². The number of rotatable bonds is 7. The Balaban J connectivity index is 1.93. The molecule has 1 N–H and O–H groups in total. The first-order valence-corrected chi connectivity index (χ1v) is 12.0. The van der Waals surface area contributed by atoms with Crippen molar-refractivity contribution in [2.75, 3.05) is 14.2 Å². The highest BCUT2D eigenvalue weighted by atomic mass is 16.6. The van der Waals surface area contributed by atoms with Crippen LogP contribution in [0.4, 0.5) is 5.69 Å². The SMILES string of the molecule is C=C1NC2=C(C(=O)CC(c3ccccc3)C2)C(c2cc(OC)c(OC)cc2[N+](=O)[O-])C1C(=O)OC(C)C. The Kier molecular flexibility index (Phi) is 7.33. The fourth-order valence-corrected chi connectivity index (χ4v) is 5.22. The molecule has 2 aromatic rings. The minimum absolute atomic E-state index is 0.0760. The number of ether oxygens (including phenoxy) is 3. The van der Waals surface area contributed by atoms with Crippen LogP contribution in [0.2, 0.25) is 0 Å². The lowest BCUT2D eigenvalue weighted by molar-refractivity contribution is -0.385. The molecule has 3 atom stereocenters. The number of carbonyl (C=O) groups is 2. The normalized spacial score (nSPS) is 21.3. The highest BCUT2D eigenvalue weighted by molar-refractivity contribution is 6.01. The minimum atomic E-state index is -1.06. The molecule has 0 aromatic heterocycles. The number of hydrogen-bond acceptors (Lipinski definition) is 8. The molecule has 9 nitrogen and oxygen atoms in total. The summed E-state index contributed by atoms with van der Waals surface area (Å²) in [4.78, 5) is 38.7. The average Bonchev–Trinajstić information content (AvgIpc) is 2.86. The van der Waals surface area contributed by atoms with E-state index in [0.29, 0.717) is 23.4 Å². The molecule has 0 amide bonds. The summed E-state index contributed by atoms with van der Waals surface area (Å²) in [5.74, 6) is -2.52. The summed E-state index contributed by atoms with van der Waals surface area (Å²) in [5.41, 5.74) is 2.16. The number of carbonyl (C=O) groups excluding carboxylic acids is 2. The Morgan fingerprint density at radius 2 is 1.76 bits per heavy atom. The lowest BCUT2D eigenvalue weighted by Gasteiger charge is -2.40. The monoisotopic (exact) mass is 506 g/mol. The number of Topliss-reactive ketones (excluding diaryl/α,β-unsaturated/α-hetero) is 1. The number of esters is 1. The van der Waals surface area contributed by atoms with E-state index in [1.54, 1.807) is 13.8 Å². The van der Waals surface area contributed by atoms with E-state index in [1.807, 2.05) is 30.3 Å². The van der Waals surface area contributed by atoms with Crippen LogP contribution in [0, 0.1) is 16.0 Å². The molecule has 0 bridgehead atoms. The third-order valence-corrected chi connectivity index (χ3v) is 6.78. The van der Waals surface area contributed by atoms with Gasteiger partial charge in [0.25, 0.3) is 5.69 Å². The number of ketones is 1. The Bertz CT molecular complexity index is 1280. The van der Waals surface area contributed by atoms with Crippen LogP contribution in [0.1, 0.15) is 49.7 Å². The molecule has 0 saturated carbocycles. The van der Waals surface area contributed by atoms with Crippen LogP contribution in [0.25, 0.3) is 0 Å². The highest BCUT2D eigenvalue weighted by Crippen LogP contribution is 2.51. The van der Waals surface area contributed by atoms with E-state index >= 15 is 0 Å². The van der Waals surface area contributed by atoms with Crippen LogP contribution >= 0.6 is 0 Å².